The Balaban J connectivity index is 1.77. The lowest BCUT2D eigenvalue weighted by atomic mass is 10.0. The monoisotopic (exact) mass is 496 g/mol. The van der Waals surface area contributed by atoms with E-state index in [0.717, 1.165) is 4.40 Å². The van der Waals surface area contributed by atoms with Crippen molar-refractivity contribution in [2.45, 2.75) is 19.4 Å². The molecule has 1 atom stereocenters. The summed E-state index contributed by atoms with van der Waals surface area (Å²) >= 11 is 6.07. The molecule has 0 aliphatic carbocycles. The maximum atomic E-state index is 13.8. The number of halogens is 3. The number of nitrogens with zero attached hydrogens (tertiary/aromatic N) is 8. The maximum Gasteiger partial charge on any atom is 0.297 e. The van der Waals surface area contributed by atoms with Gasteiger partial charge in [0.15, 0.2) is 5.65 Å². The van der Waals surface area contributed by atoms with Crippen LogP contribution in [0.15, 0.2) is 47.8 Å². The molecule has 176 valence electrons. The van der Waals surface area contributed by atoms with Crippen molar-refractivity contribution in [3.8, 4) is 0 Å². The van der Waals surface area contributed by atoms with Crippen molar-refractivity contribution < 1.29 is 18.4 Å². The topological polar surface area (TPSA) is 121 Å². The Kier molecular flexibility index (Phi) is 5.27. The molecule has 1 aliphatic heterocycles. The van der Waals surface area contributed by atoms with Gasteiger partial charge in [0.2, 0.25) is 5.82 Å². The van der Waals surface area contributed by atoms with Crippen LogP contribution in [-0.4, -0.2) is 31.0 Å². The molecule has 0 saturated carbocycles. The third kappa shape index (κ3) is 3.42. The minimum absolute atomic E-state index is 0.0536. The number of hydrogen-bond donors (Lipinski definition) is 0. The van der Waals surface area contributed by atoms with Gasteiger partial charge in [-0.25, -0.2) is 8.78 Å². The summed E-state index contributed by atoms with van der Waals surface area (Å²) in [7, 11) is 1.66. The number of amides is 2. The van der Waals surface area contributed by atoms with Gasteiger partial charge in [0.25, 0.3) is 18.2 Å². The molecule has 1 unspecified atom stereocenters. The number of fused-ring (bicyclic) bond motifs is 2. The SMILES string of the molecule is Cc1cc(N2C(=O)c3c(C(=O)N=[N+]=[N-])cn(C)c3C2c2ccc(Cl)cc2)cn2c(C(F)F)nnc12. The number of alkyl halides is 2. The molecule has 0 radical (unpaired) electrons. The van der Waals surface area contributed by atoms with Crippen LogP contribution in [-0.2, 0) is 7.05 Å². The van der Waals surface area contributed by atoms with Crippen molar-refractivity contribution in [1.29, 1.82) is 0 Å². The Morgan fingerprint density at radius 3 is 2.60 bits per heavy atom. The number of rotatable bonds is 4. The van der Waals surface area contributed by atoms with Crippen LogP contribution >= 0.6 is 11.6 Å². The third-order valence-electron chi connectivity index (χ3n) is 5.90. The number of aromatic nitrogens is 4. The first-order valence-corrected chi connectivity index (χ1v) is 10.6. The second-order valence-electron chi connectivity index (χ2n) is 7.97. The van der Waals surface area contributed by atoms with E-state index in [9.17, 15) is 18.4 Å². The zero-order valence-corrected chi connectivity index (χ0v) is 19.0. The average molecular weight is 497 g/mol. The molecule has 4 heterocycles. The number of pyridine rings is 1. The summed E-state index contributed by atoms with van der Waals surface area (Å²) in [6.07, 6.45) is -0.0831. The fraction of sp³-hybridized carbons (Fsp3) is 0.182. The second kappa shape index (κ2) is 8.19. The third-order valence-corrected chi connectivity index (χ3v) is 6.16. The van der Waals surface area contributed by atoms with E-state index in [0.29, 0.717) is 27.5 Å². The first kappa shape index (κ1) is 22.5. The quantitative estimate of drug-likeness (QED) is 0.220. The number of aryl methyl sites for hydroxylation is 2. The van der Waals surface area contributed by atoms with E-state index in [2.05, 4.69) is 20.2 Å². The summed E-state index contributed by atoms with van der Waals surface area (Å²) < 4.78 is 29.9. The van der Waals surface area contributed by atoms with Gasteiger partial charge in [0.1, 0.15) is 6.04 Å². The Hall–Kier alpha value is -4.28. The van der Waals surface area contributed by atoms with Crippen LogP contribution in [0, 0.1) is 6.92 Å². The van der Waals surface area contributed by atoms with Gasteiger partial charge in [-0.05, 0) is 46.9 Å². The van der Waals surface area contributed by atoms with E-state index < -0.39 is 30.1 Å². The smallest absolute Gasteiger partial charge is 0.297 e. The number of hydrogen-bond acceptors (Lipinski definition) is 4. The Morgan fingerprint density at radius 1 is 1.23 bits per heavy atom. The van der Waals surface area contributed by atoms with E-state index in [1.807, 2.05) is 0 Å². The van der Waals surface area contributed by atoms with Crippen LogP contribution in [0.1, 0.15) is 55.8 Å². The van der Waals surface area contributed by atoms with Crippen LogP contribution in [0.2, 0.25) is 5.02 Å². The normalized spacial score (nSPS) is 15.1. The molecule has 5 rings (SSSR count). The predicted octanol–water partition coefficient (Wildman–Crippen LogP) is 5.17. The van der Waals surface area contributed by atoms with Crippen molar-refractivity contribution in [3.05, 3.63) is 92.0 Å². The van der Waals surface area contributed by atoms with Crippen LogP contribution in [0.3, 0.4) is 0 Å². The van der Waals surface area contributed by atoms with Crippen LogP contribution in [0.25, 0.3) is 16.1 Å². The van der Waals surface area contributed by atoms with Crippen molar-refractivity contribution >= 4 is 34.7 Å². The lowest BCUT2D eigenvalue weighted by molar-refractivity contribution is 0.0965. The second-order valence-corrected chi connectivity index (χ2v) is 8.41. The van der Waals surface area contributed by atoms with Crippen molar-refractivity contribution in [2.75, 3.05) is 4.90 Å². The van der Waals surface area contributed by atoms with Crippen molar-refractivity contribution in [2.24, 2.45) is 12.2 Å². The summed E-state index contributed by atoms with van der Waals surface area (Å²) in [5.41, 5.74) is 10.9. The van der Waals surface area contributed by atoms with Gasteiger partial charge in [-0.3, -0.25) is 18.9 Å². The molecular weight excluding hydrogens is 482 g/mol. The highest BCUT2D eigenvalue weighted by Crippen LogP contribution is 2.44. The molecule has 0 saturated heterocycles. The number of carbonyl (C=O) groups is 2. The largest absolute Gasteiger partial charge is 0.351 e. The van der Waals surface area contributed by atoms with Crippen LogP contribution in [0.4, 0.5) is 14.5 Å². The van der Waals surface area contributed by atoms with E-state index in [1.165, 1.54) is 17.3 Å². The molecular formula is C22H15ClF2N8O2. The molecule has 13 heteroatoms. The molecule has 0 fully saturated rings. The number of carbonyl (C=O) groups excluding carboxylic acids is 2. The first-order chi connectivity index (χ1) is 16.7. The molecule has 0 spiro atoms. The summed E-state index contributed by atoms with van der Waals surface area (Å²) in [6.45, 7) is 1.67. The van der Waals surface area contributed by atoms with E-state index in [1.54, 1.807) is 48.9 Å². The van der Waals surface area contributed by atoms with E-state index in [4.69, 9.17) is 17.1 Å². The average Bonchev–Trinajstić information content (AvgIpc) is 3.47. The predicted molar refractivity (Wildman–Crippen MR) is 122 cm³/mol. The zero-order chi connectivity index (χ0) is 25.0. The standard InChI is InChI=1S/C22H15ClF2N8O2/c1-10-7-13(8-32-19(10)27-28-20(32)18(24)25)33-16(11-3-5-12(23)6-4-11)17-15(22(33)35)14(9-31(17)2)21(34)29-30-26/h3-9,16,18H,1-2H3. The van der Waals surface area contributed by atoms with Gasteiger partial charge >= 0.3 is 0 Å². The van der Waals surface area contributed by atoms with Gasteiger partial charge in [-0.2, -0.15) is 0 Å². The maximum absolute atomic E-state index is 13.8. The minimum atomic E-state index is -2.88. The highest BCUT2D eigenvalue weighted by atomic mass is 35.5. The lowest BCUT2D eigenvalue weighted by Crippen LogP contribution is -2.30. The van der Waals surface area contributed by atoms with Gasteiger partial charge < -0.3 is 4.57 Å². The number of anilines is 1. The summed E-state index contributed by atoms with van der Waals surface area (Å²) in [6, 6.07) is 7.71. The number of azide groups is 1. The lowest BCUT2D eigenvalue weighted by Gasteiger charge is -2.27. The van der Waals surface area contributed by atoms with Gasteiger partial charge in [-0.1, -0.05) is 23.7 Å². The summed E-state index contributed by atoms with van der Waals surface area (Å²) in [5, 5.41) is 11.0. The molecule has 1 aromatic carbocycles. The molecule has 0 N–H and O–H groups in total. The van der Waals surface area contributed by atoms with E-state index >= 15 is 0 Å². The fourth-order valence-electron chi connectivity index (χ4n) is 4.47. The molecule has 10 nitrogen and oxygen atoms in total. The highest BCUT2D eigenvalue weighted by Gasteiger charge is 2.44. The summed E-state index contributed by atoms with van der Waals surface area (Å²) in [4.78, 5) is 30.2. The molecule has 4 aromatic rings. The zero-order valence-electron chi connectivity index (χ0n) is 18.2. The molecule has 3 aromatic heterocycles. The number of benzene rings is 1. The fourth-order valence-corrected chi connectivity index (χ4v) is 4.59. The van der Waals surface area contributed by atoms with Gasteiger partial charge in [0, 0.05) is 29.4 Å². The minimum Gasteiger partial charge on any atom is -0.351 e. The van der Waals surface area contributed by atoms with Crippen LogP contribution < -0.4 is 4.90 Å². The van der Waals surface area contributed by atoms with Gasteiger partial charge in [0.05, 0.1) is 22.5 Å². The van der Waals surface area contributed by atoms with E-state index in [-0.39, 0.29) is 16.8 Å². The molecule has 1 aliphatic rings. The highest BCUT2D eigenvalue weighted by molar-refractivity contribution is 6.30. The summed E-state index contributed by atoms with van der Waals surface area (Å²) in [5.74, 6) is -2.02. The first-order valence-electron chi connectivity index (χ1n) is 10.2. The Labute approximate surface area is 201 Å². The molecule has 35 heavy (non-hydrogen) atoms. The van der Waals surface area contributed by atoms with Crippen LogP contribution in [0.5, 0.6) is 0 Å². The van der Waals surface area contributed by atoms with Gasteiger partial charge in [-0.15, -0.1) is 10.2 Å². The molecule has 2 amide bonds. The molecule has 0 bridgehead atoms. The Morgan fingerprint density at radius 2 is 1.94 bits per heavy atom. The van der Waals surface area contributed by atoms with Crippen molar-refractivity contribution in [3.63, 3.8) is 0 Å². The Bertz CT molecular complexity index is 1570. The van der Waals surface area contributed by atoms with Crippen molar-refractivity contribution in [1.82, 2.24) is 19.2 Å².